The van der Waals surface area contributed by atoms with Gasteiger partial charge in [0.05, 0.1) is 11.5 Å². The first-order valence-electron chi connectivity index (χ1n) is 7.86. The Bertz CT molecular complexity index is 850. The minimum absolute atomic E-state index is 0.104. The zero-order valence-electron chi connectivity index (χ0n) is 14.9. The van der Waals surface area contributed by atoms with E-state index in [4.69, 9.17) is 9.47 Å². The number of ketones is 1. The molecule has 0 atom stereocenters. The quantitative estimate of drug-likeness (QED) is 0.672. The molecule has 2 rings (SSSR count). The number of Topliss-reactive ketones (excluding diaryl/α,β-unsaturated/α-hetero) is 1. The molecule has 0 amide bonds. The molecule has 136 valence electrons. The number of aryl methyl sites for hydroxylation is 1. The van der Waals surface area contributed by atoms with Crippen LogP contribution in [-0.4, -0.2) is 45.3 Å². The highest BCUT2D eigenvalue weighted by molar-refractivity contribution is 7.90. The summed E-state index contributed by atoms with van der Waals surface area (Å²) in [6.07, 6.45) is 1.14. The van der Waals surface area contributed by atoms with Gasteiger partial charge in [-0.2, -0.15) is 0 Å². The largest absolute Gasteiger partial charge is 0.485 e. The van der Waals surface area contributed by atoms with Crippen molar-refractivity contribution in [3.05, 3.63) is 47.3 Å². The molecule has 2 aromatic rings. The average Bonchev–Trinajstić information content (AvgIpc) is 2.85. The molecule has 0 saturated heterocycles. The number of hydrogen-bond acceptors (Lipinski definition) is 5. The van der Waals surface area contributed by atoms with E-state index < -0.39 is 9.84 Å². The van der Waals surface area contributed by atoms with Crippen molar-refractivity contribution in [2.45, 2.75) is 25.3 Å². The Kier molecular flexibility index (Phi) is 6.02. The smallest absolute Gasteiger partial charge is 0.202 e. The molecule has 0 aliphatic carbocycles. The molecule has 0 bridgehead atoms. The van der Waals surface area contributed by atoms with E-state index in [9.17, 15) is 13.2 Å². The van der Waals surface area contributed by atoms with E-state index in [1.165, 1.54) is 12.1 Å². The van der Waals surface area contributed by atoms with E-state index in [1.807, 2.05) is 24.5 Å². The molecule has 0 unspecified atom stereocenters. The third kappa shape index (κ3) is 4.70. The van der Waals surface area contributed by atoms with Crippen LogP contribution in [0.15, 0.2) is 35.2 Å². The van der Waals surface area contributed by atoms with Crippen molar-refractivity contribution in [3.8, 4) is 5.75 Å². The molecule has 0 saturated carbocycles. The lowest BCUT2D eigenvalue weighted by Gasteiger charge is -2.09. The van der Waals surface area contributed by atoms with Gasteiger partial charge in [0.1, 0.15) is 5.75 Å². The van der Waals surface area contributed by atoms with Crippen LogP contribution in [0.3, 0.4) is 0 Å². The molecule has 0 N–H and O–H groups in total. The lowest BCUT2D eigenvalue weighted by Crippen LogP contribution is -2.13. The van der Waals surface area contributed by atoms with Crippen LogP contribution < -0.4 is 4.74 Å². The second kappa shape index (κ2) is 7.84. The molecule has 1 aromatic heterocycles. The van der Waals surface area contributed by atoms with Crippen LogP contribution in [0.25, 0.3) is 0 Å². The summed E-state index contributed by atoms with van der Waals surface area (Å²) in [4.78, 5) is 12.7. The number of benzene rings is 1. The average molecular weight is 365 g/mol. The van der Waals surface area contributed by atoms with Crippen LogP contribution in [0.1, 0.15) is 21.7 Å². The van der Waals surface area contributed by atoms with Crippen LogP contribution in [-0.2, 0) is 21.1 Å². The molecule has 0 fully saturated rings. The number of hydrogen-bond donors (Lipinski definition) is 0. The van der Waals surface area contributed by atoms with Crippen molar-refractivity contribution in [2.75, 3.05) is 26.6 Å². The first-order chi connectivity index (χ1) is 11.7. The Labute approximate surface area is 148 Å². The molecule has 0 aliphatic heterocycles. The van der Waals surface area contributed by atoms with Gasteiger partial charge in [-0.05, 0) is 44.2 Å². The molecule has 6 nitrogen and oxygen atoms in total. The number of rotatable bonds is 8. The second-order valence-corrected chi connectivity index (χ2v) is 7.90. The Hall–Kier alpha value is -2.12. The highest BCUT2D eigenvalue weighted by atomic mass is 32.2. The van der Waals surface area contributed by atoms with Gasteiger partial charge in [0.15, 0.2) is 16.4 Å². The standard InChI is InChI=1S/C18H23NO5S/c1-13-11-17(14(2)19(13)9-10-23-3)18(20)12-24-15-5-7-16(8-6-15)25(4,21)22/h5-8,11H,9-10,12H2,1-4H3. The molecule has 25 heavy (non-hydrogen) atoms. The van der Waals surface area contributed by atoms with Crippen molar-refractivity contribution < 1.29 is 22.7 Å². The summed E-state index contributed by atoms with van der Waals surface area (Å²) in [6, 6.07) is 7.87. The number of methoxy groups -OCH3 is 1. The number of nitrogens with zero attached hydrogens (tertiary/aromatic N) is 1. The van der Waals surface area contributed by atoms with Crippen molar-refractivity contribution in [3.63, 3.8) is 0 Å². The molecular formula is C18H23NO5S. The van der Waals surface area contributed by atoms with Crippen LogP contribution in [0, 0.1) is 13.8 Å². The lowest BCUT2D eigenvalue weighted by atomic mass is 10.1. The molecule has 1 heterocycles. The van der Waals surface area contributed by atoms with Crippen molar-refractivity contribution in [2.24, 2.45) is 0 Å². The summed E-state index contributed by atoms with van der Waals surface area (Å²) in [7, 11) is -1.60. The Morgan fingerprint density at radius 2 is 1.80 bits per heavy atom. The first kappa shape index (κ1) is 19.2. The van der Waals surface area contributed by atoms with Crippen molar-refractivity contribution >= 4 is 15.6 Å². The van der Waals surface area contributed by atoms with Crippen LogP contribution in [0.2, 0.25) is 0 Å². The third-order valence-electron chi connectivity index (χ3n) is 4.01. The normalized spacial score (nSPS) is 11.5. The maximum absolute atomic E-state index is 12.4. The van der Waals surface area contributed by atoms with Gasteiger partial charge in [-0.3, -0.25) is 4.79 Å². The molecular weight excluding hydrogens is 342 g/mol. The summed E-state index contributed by atoms with van der Waals surface area (Å²) in [5.41, 5.74) is 2.51. The van der Waals surface area contributed by atoms with Gasteiger partial charge in [0.2, 0.25) is 5.78 Å². The van der Waals surface area contributed by atoms with Gasteiger partial charge in [-0.15, -0.1) is 0 Å². The number of carbonyl (C=O) groups excluding carboxylic acids is 1. The van der Waals surface area contributed by atoms with Crippen molar-refractivity contribution in [1.29, 1.82) is 0 Å². The van der Waals surface area contributed by atoms with Gasteiger partial charge < -0.3 is 14.0 Å². The van der Waals surface area contributed by atoms with Gasteiger partial charge in [-0.1, -0.05) is 0 Å². The SMILES string of the molecule is COCCn1c(C)cc(C(=O)COc2ccc(S(C)(=O)=O)cc2)c1C. The van der Waals surface area contributed by atoms with E-state index in [1.54, 1.807) is 19.2 Å². The highest BCUT2D eigenvalue weighted by Gasteiger charge is 2.16. The number of aromatic nitrogens is 1. The third-order valence-corrected chi connectivity index (χ3v) is 5.14. The monoisotopic (exact) mass is 365 g/mol. The predicted octanol–water partition coefficient (Wildman–Crippen LogP) is 2.42. The van der Waals surface area contributed by atoms with Crippen LogP contribution in [0.4, 0.5) is 0 Å². The van der Waals surface area contributed by atoms with E-state index in [0.29, 0.717) is 24.5 Å². The molecule has 0 spiro atoms. The predicted molar refractivity (Wildman–Crippen MR) is 95.2 cm³/mol. The van der Waals surface area contributed by atoms with Gasteiger partial charge in [0.25, 0.3) is 0 Å². The van der Waals surface area contributed by atoms with Gasteiger partial charge in [0, 0.05) is 36.9 Å². The lowest BCUT2D eigenvalue weighted by molar-refractivity contribution is 0.0920. The molecule has 0 aliphatic rings. The summed E-state index contributed by atoms with van der Waals surface area (Å²) >= 11 is 0. The number of carbonyl (C=O) groups is 1. The number of ether oxygens (including phenoxy) is 2. The van der Waals surface area contributed by atoms with E-state index >= 15 is 0 Å². The summed E-state index contributed by atoms with van der Waals surface area (Å²) < 4.78 is 35.5. The second-order valence-electron chi connectivity index (χ2n) is 5.88. The molecule has 7 heteroatoms. The summed E-state index contributed by atoms with van der Waals surface area (Å²) in [5.74, 6) is 0.331. The fraction of sp³-hybridized carbons (Fsp3) is 0.389. The number of sulfone groups is 1. The van der Waals surface area contributed by atoms with Gasteiger partial charge >= 0.3 is 0 Å². The van der Waals surface area contributed by atoms with Crippen LogP contribution >= 0.6 is 0 Å². The molecule has 1 aromatic carbocycles. The van der Waals surface area contributed by atoms with Gasteiger partial charge in [-0.25, -0.2) is 8.42 Å². The Morgan fingerprint density at radius 3 is 2.36 bits per heavy atom. The Morgan fingerprint density at radius 1 is 1.16 bits per heavy atom. The zero-order valence-corrected chi connectivity index (χ0v) is 15.7. The highest BCUT2D eigenvalue weighted by Crippen LogP contribution is 2.18. The topological polar surface area (TPSA) is 74.6 Å². The maximum Gasteiger partial charge on any atom is 0.202 e. The van der Waals surface area contributed by atoms with E-state index in [0.717, 1.165) is 17.6 Å². The maximum atomic E-state index is 12.4. The summed E-state index contributed by atoms with van der Waals surface area (Å²) in [5, 5.41) is 0. The first-order valence-corrected chi connectivity index (χ1v) is 9.75. The minimum atomic E-state index is -3.24. The Balaban J connectivity index is 2.05. The van der Waals surface area contributed by atoms with E-state index in [-0.39, 0.29) is 17.3 Å². The van der Waals surface area contributed by atoms with Crippen molar-refractivity contribution in [1.82, 2.24) is 4.57 Å². The fourth-order valence-electron chi connectivity index (χ4n) is 2.62. The fourth-order valence-corrected chi connectivity index (χ4v) is 3.25. The zero-order chi connectivity index (χ0) is 18.6. The van der Waals surface area contributed by atoms with Crippen LogP contribution in [0.5, 0.6) is 5.75 Å². The minimum Gasteiger partial charge on any atom is -0.485 e. The molecule has 0 radical (unpaired) electrons. The summed E-state index contributed by atoms with van der Waals surface area (Å²) in [6.45, 7) is 5.01. The van der Waals surface area contributed by atoms with E-state index in [2.05, 4.69) is 0 Å².